The first-order chi connectivity index (χ1) is 8.38. The van der Waals surface area contributed by atoms with Crippen LogP contribution in [0.1, 0.15) is 12.6 Å². The van der Waals surface area contributed by atoms with Gasteiger partial charge in [-0.15, -0.1) is 0 Å². The van der Waals surface area contributed by atoms with Gasteiger partial charge >= 0.3 is 0 Å². The van der Waals surface area contributed by atoms with E-state index in [0.717, 1.165) is 12.2 Å². The summed E-state index contributed by atoms with van der Waals surface area (Å²) in [5.74, 6) is 0.957. The summed E-state index contributed by atoms with van der Waals surface area (Å²) in [4.78, 5) is 7.81. The van der Waals surface area contributed by atoms with Gasteiger partial charge < -0.3 is 4.98 Å². The molecule has 2 heteroatoms. The summed E-state index contributed by atoms with van der Waals surface area (Å²) in [5.41, 5.74) is 2.34. The number of aromatic amines is 1. The maximum Gasteiger partial charge on any atom is 0.138 e. The molecule has 3 aromatic rings. The van der Waals surface area contributed by atoms with Crippen LogP contribution in [-0.4, -0.2) is 9.97 Å². The molecule has 0 amide bonds. The highest BCUT2D eigenvalue weighted by Crippen LogP contribution is 2.26. The molecular formula is C15H14N2. The molecule has 3 rings (SSSR count). The number of imidazole rings is 1. The fourth-order valence-corrected chi connectivity index (χ4v) is 2.11. The maximum absolute atomic E-state index is 4.45. The van der Waals surface area contributed by atoms with Crippen LogP contribution < -0.4 is 0 Å². The highest BCUT2D eigenvalue weighted by molar-refractivity contribution is 5.95. The molecule has 0 atom stereocenters. The second-order valence-electron chi connectivity index (χ2n) is 4.14. The quantitative estimate of drug-likeness (QED) is 0.702. The molecule has 0 aliphatic rings. The Morgan fingerprint density at radius 1 is 1.06 bits per heavy atom. The van der Waals surface area contributed by atoms with Crippen LogP contribution in [0.2, 0.25) is 0 Å². The average molecular weight is 222 g/mol. The highest BCUT2D eigenvalue weighted by Gasteiger charge is 2.06. The molecule has 0 saturated heterocycles. The van der Waals surface area contributed by atoms with E-state index in [1.807, 2.05) is 6.20 Å². The zero-order chi connectivity index (χ0) is 11.7. The molecule has 1 heterocycles. The molecule has 2 aromatic carbocycles. The Hall–Kier alpha value is -2.09. The largest absolute Gasteiger partial charge is 0.342 e. The van der Waals surface area contributed by atoms with Gasteiger partial charge in [0.2, 0.25) is 0 Å². The number of rotatable bonds is 2. The standard InChI is InChI=1S/C15H14N2/c1-2-12-10-16-15(17-12)14-9-5-7-11-6-3-4-8-13(11)14/h3-10H,2H2,1H3,(H,16,17). The third kappa shape index (κ3) is 1.72. The maximum atomic E-state index is 4.45. The molecule has 84 valence electrons. The minimum absolute atomic E-state index is 0.957. The van der Waals surface area contributed by atoms with Gasteiger partial charge in [0.25, 0.3) is 0 Å². The van der Waals surface area contributed by atoms with Crippen LogP contribution >= 0.6 is 0 Å². The van der Waals surface area contributed by atoms with Gasteiger partial charge in [0.15, 0.2) is 0 Å². The lowest BCUT2D eigenvalue weighted by molar-refractivity contribution is 1.07. The zero-order valence-corrected chi connectivity index (χ0v) is 9.77. The van der Waals surface area contributed by atoms with E-state index in [1.54, 1.807) is 0 Å². The average Bonchev–Trinajstić information content (AvgIpc) is 2.87. The lowest BCUT2D eigenvalue weighted by Gasteiger charge is -2.03. The first-order valence-corrected chi connectivity index (χ1v) is 5.90. The van der Waals surface area contributed by atoms with Crippen molar-refractivity contribution in [2.45, 2.75) is 13.3 Å². The Labute approximate surface area is 100 Å². The monoisotopic (exact) mass is 222 g/mol. The lowest BCUT2D eigenvalue weighted by atomic mass is 10.0. The fourth-order valence-electron chi connectivity index (χ4n) is 2.11. The molecule has 0 spiro atoms. The summed E-state index contributed by atoms with van der Waals surface area (Å²) < 4.78 is 0. The number of nitrogens with zero attached hydrogens (tertiary/aromatic N) is 1. The van der Waals surface area contributed by atoms with Crippen molar-refractivity contribution in [1.82, 2.24) is 9.97 Å². The van der Waals surface area contributed by atoms with E-state index >= 15 is 0 Å². The minimum atomic E-state index is 0.957. The number of fused-ring (bicyclic) bond motifs is 1. The molecule has 0 aliphatic heterocycles. The van der Waals surface area contributed by atoms with Crippen LogP contribution in [0.25, 0.3) is 22.2 Å². The van der Waals surface area contributed by atoms with Gasteiger partial charge in [-0.2, -0.15) is 0 Å². The Morgan fingerprint density at radius 2 is 1.88 bits per heavy atom. The summed E-state index contributed by atoms with van der Waals surface area (Å²) in [6.45, 7) is 2.13. The van der Waals surface area contributed by atoms with Gasteiger partial charge in [-0.1, -0.05) is 49.4 Å². The Morgan fingerprint density at radius 3 is 2.71 bits per heavy atom. The summed E-state index contributed by atoms with van der Waals surface area (Å²) in [5, 5.41) is 2.49. The predicted molar refractivity (Wildman–Crippen MR) is 70.9 cm³/mol. The fraction of sp³-hybridized carbons (Fsp3) is 0.133. The molecule has 1 N–H and O–H groups in total. The number of hydrogen-bond donors (Lipinski definition) is 1. The second kappa shape index (κ2) is 4.06. The van der Waals surface area contributed by atoms with Crippen molar-refractivity contribution in [3.05, 3.63) is 54.4 Å². The molecular weight excluding hydrogens is 208 g/mol. The minimum Gasteiger partial charge on any atom is -0.342 e. The SMILES string of the molecule is CCc1cnc(-c2cccc3ccccc23)[nH]1. The van der Waals surface area contributed by atoms with Gasteiger partial charge in [-0.05, 0) is 17.2 Å². The van der Waals surface area contributed by atoms with Gasteiger partial charge in [-0.3, -0.25) is 0 Å². The van der Waals surface area contributed by atoms with Crippen LogP contribution in [0, 0.1) is 0 Å². The van der Waals surface area contributed by atoms with Crippen molar-refractivity contribution in [1.29, 1.82) is 0 Å². The van der Waals surface area contributed by atoms with Crippen LogP contribution in [0.4, 0.5) is 0 Å². The van der Waals surface area contributed by atoms with Crippen molar-refractivity contribution >= 4 is 10.8 Å². The van der Waals surface area contributed by atoms with Crippen molar-refractivity contribution in [3.63, 3.8) is 0 Å². The number of aromatic nitrogens is 2. The van der Waals surface area contributed by atoms with E-state index in [0.29, 0.717) is 0 Å². The third-order valence-electron chi connectivity index (χ3n) is 3.05. The van der Waals surface area contributed by atoms with E-state index < -0.39 is 0 Å². The van der Waals surface area contributed by atoms with Gasteiger partial charge in [0, 0.05) is 17.5 Å². The van der Waals surface area contributed by atoms with E-state index in [4.69, 9.17) is 0 Å². The molecule has 0 aliphatic carbocycles. The molecule has 0 saturated carbocycles. The van der Waals surface area contributed by atoms with Gasteiger partial charge in [0.1, 0.15) is 5.82 Å². The Bertz CT molecular complexity index is 647. The number of hydrogen-bond acceptors (Lipinski definition) is 1. The predicted octanol–water partition coefficient (Wildman–Crippen LogP) is 3.79. The lowest BCUT2D eigenvalue weighted by Crippen LogP contribution is -1.84. The Kier molecular flexibility index (Phi) is 2.41. The highest BCUT2D eigenvalue weighted by atomic mass is 14.9. The van der Waals surface area contributed by atoms with E-state index in [1.165, 1.54) is 22.0 Å². The smallest absolute Gasteiger partial charge is 0.138 e. The Balaban J connectivity index is 2.23. The second-order valence-corrected chi connectivity index (χ2v) is 4.14. The number of nitrogens with one attached hydrogen (secondary N) is 1. The van der Waals surface area contributed by atoms with Gasteiger partial charge in [0.05, 0.1) is 0 Å². The topological polar surface area (TPSA) is 28.7 Å². The molecule has 0 fully saturated rings. The third-order valence-corrected chi connectivity index (χ3v) is 3.05. The first kappa shape index (κ1) is 10.1. The van der Waals surface area contributed by atoms with Crippen LogP contribution in [0.5, 0.6) is 0 Å². The molecule has 1 aromatic heterocycles. The van der Waals surface area contributed by atoms with E-state index in [2.05, 4.69) is 59.4 Å². The van der Waals surface area contributed by atoms with Crippen molar-refractivity contribution in [2.75, 3.05) is 0 Å². The number of benzene rings is 2. The van der Waals surface area contributed by atoms with E-state index in [9.17, 15) is 0 Å². The molecule has 0 radical (unpaired) electrons. The zero-order valence-electron chi connectivity index (χ0n) is 9.77. The molecule has 0 unspecified atom stereocenters. The van der Waals surface area contributed by atoms with Crippen LogP contribution in [0.15, 0.2) is 48.7 Å². The summed E-state index contributed by atoms with van der Waals surface area (Å²) in [7, 11) is 0. The number of H-pyrrole nitrogens is 1. The molecule has 0 bridgehead atoms. The number of aryl methyl sites for hydroxylation is 1. The van der Waals surface area contributed by atoms with Crippen LogP contribution in [0.3, 0.4) is 0 Å². The van der Waals surface area contributed by atoms with Crippen LogP contribution in [-0.2, 0) is 6.42 Å². The van der Waals surface area contributed by atoms with Gasteiger partial charge in [-0.25, -0.2) is 4.98 Å². The van der Waals surface area contributed by atoms with Crippen molar-refractivity contribution < 1.29 is 0 Å². The first-order valence-electron chi connectivity index (χ1n) is 5.90. The molecule has 2 nitrogen and oxygen atoms in total. The molecule has 17 heavy (non-hydrogen) atoms. The van der Waals surface area contributed by atoms with Crippen molar-refractivity contribution in [3.8, 4) is 11.4 Å². The summed E-state index contributed by atoms with van der Waals surface area (Å²) in [6.07, 6.45) is 2.90. The summed E-state index contributed by atoms with van der Waals surface area (Å²) in [6, 6.07) is 14.7. The summed E-state index contributed by atoms with van der Waals surface area (Å²) >= 11 is 0. The van der Waals surface area contributed by atoms with Crippen molar-refractivity contribution in [2.24, 2.45) is 0 Å². The van der Waals surface area contributed by atoms with E-state index in [-0.39, 0.29) is 0 Å². The normalized spacial score (nSPS) is 10.9.